The van der Waals surface area contributed by atoms with E-state index in [0.29, 0.717) is 22.3 Å². The van der Waals surface area contributed by atoms with Gasteiger partial charge in [-0.2, -0.15) is 0 Å². The van der Waals surface area contributed by atoms with E-state index >= 15 is 0 Å². The van der Waals surface area contributed by atoms with Gasteiger partial charge in [-0.15, -0.1) is 54.1 Å². The Kier molecular flexibility index (Phi) is 7.57. The van der Waals surface area contributed by atoms with Crippen LogP contribution in [0, 0.1) is 12.1 Å². The van der Waals surface area contributed by atoms with Crippen LogP contribution >= 0.6 is 0 Å². The maximum absolute atomic E-state index is 8.60. The van der Waals surface area contributed by atoms with E-state index in [1.54, 1.807) is 30.6 Å². The molecule has 0 atom stereocenters. The Morgan fingerprint density at radius 3 is 2.10 bits per heavy atom. The van der Waals surface area contributed by atoms with Crippen LogP contribution in [0.25, 0.3) is 44.5 Å². The number of pyridine rings is 2. The van der Waals surface area contributed by atoms with Gasteiger partial charge in [0, 0.05) is 40.6 Å². The topological polar surface area (TPSA) is 38.9 Å². The standard InChI is InChI=1S/C24H16NO.C11H8N.Ir/c1-2-7-17(8-3-1)15-18-12-13-19-20-9-6-10-21(22-11-4-5-14-25-22)24(20)26-23(19)16-18;1-2-6-10(7-3-1)11-8-4-5-9-12-11;/h1-9,11-14,16H,15H2;1-6,8-9H;/q2*-1;/i15D2;;. The molecule has 7 aromatic rings. The Labute approximate surface area is 244 Å². The van der Waals surface area contributed by atoms with E-state index in [4.69, 9.17) is 7.16 Å². The monoisotopic (exact) mass is 683 g/mol. The molecule has 0 aliphatic rings. The van der Waals surface area contributed by atoms with Crippen molar-refractivity contribution in [3.8, 4) is 22.5 Å². The zero-order valence-electron chi connectivity index (χ0n) is 22.8. The molecule has 0 spiro atoms. The second-order valence-corrected chi connectivity index (χ2v) is 8.61. The van der Waals surface area contributed by atoms with Gasteiger partial charge < -0.3 is 14.4 Å². The third kappa shape index (κ3) is 6.04. The second kappa shape index (κ2) is 12.4. The summed E-state index contributed by atoms with van der Waals surface area (Å²) in [5.41, 5.74) is 6.17. The van der Waals surface area contributed by atoms with Crippen LogP contribution in [0.4, 0.5) is 0 Å². The fourth-order valence-electron chi connectivity index (χ4n) is 4.28. The van der Waals surface area contributed by atoms with E-state index in [1.807, 2.05) is 103 Å². The molecule has 4 heteroatoms. The number of benzene rings is 4. The molecule has 7 rings (SSSR count). The van der Waals surface area contributed by atoms with E-state index < -0.39 is 6.37 Å². The van der Waals surface area contributed by atoms with Gasteiger partial charge >= 0.3 is 0 Å². The van der Waals surface area contributed by atoms with Crippen molar-refractivity contribution in [3.05, 3.63) is 157 Å². The smallest absolute Gasteiger partial charge is 0.121 e. The van der Waals surface area contributed by atoms with Gasteiger partial charge in [-0.05, 0) is 47.1 Å². The molecular formula is C35H24IrN2O-2. The number of hydrogen-bond acceptors (Lipinski definition) is 3. The molecule has 0 saturated carbocycles. The number of nitrogens with zero attached hydrogens (tertiary/aromatic N) is 2. The molecule has 191 valence electrons. The van der Waals surface area contributed by atoms with Crippen LogP contribution in [0.1, 0.15) is 13.9 Å². The Balaban J connectivity index is 0.000000218. The largest absolute Gasteiger partial charge is 0.501 e. The molecule has 3 nitrogen and oxygen atoms in total. The van der Waals surface area contributed by atoms with Gasteiger partial charge in [0.25, 0.3) is 0 Å². The minimum Gasteiger partial charge on any atom is -0.501 e. The maximum Gasteiger partial charge on any atom is 0.121 e. The van der Waals surface area contributed by atoms with E-state index in [9.17, 15) is 0 Å². The molecule has 0 saturated heterocycles. The average molecular weight is 683 g/mol. The summed E-state index contributed by atoms with van der Waals surface area (Å²) in [6, 6.07) is 44.4. The van der Waals surface area contributed by atoms with Gasteiger partial charge in [0.15, 0.2) is 0 Å². The quantitative estimate of drug-likeness (QED) is 0.175. The van der Waals surface area contributed by atoms with Gasteiger partial charge in [-0.1, -0.05) is 77.7 Å². The minimum atomic E-state index is -1.61. The van der Waals surface area contributed by atoms with Crippen molar-refractivity contribution < 1.29 is 27.3 Å². The predicted octanol–water partition coefficient (Wildman–Crippen LogP) is 8.59. The summed E-state index contributed by atoms with van der Waals surface area (Å²) in [6.07, 6.45) is 1.93. The van der Waals surface area contributed by atoms with Gasteiger partial charge in [0.2, 0.25) is 0 Å². The molecule has 0 N–H and O–H groups in total. The fourth-order valence-corrected chi connectivity index (χ4v) is 4.28. The molecule has 4 aromatic carbocycles. The Bertz CT molecular complexity index is 1820. The van der Waals surface area contributed by atoms with Crippen molar-refractivity contribution in [1.82, 2.24) is 9.97 Å². The first-order valence-electron chi connectivity index (χ1n) is 13.3. The normalized spacial score (nSPS) is 11.6. The molecule has 39 heavy (non-hydrogen) atoms. The molecule has 0 aliphatic heterocycles. The van der Waals surface area contributed by atoms with Crippen molar-refractivity contribution >= 4 is 21.9 Å². The molecular weight excluding hydrogens is 657 g/mol. The summed E-state index contributed by atoms with van der Waals surface area (Å²) in [4.78, 5) is 8.63. The van der Waals surface area contributed by atoms with Gasteiger partial charge in [0.1, 0.15) is 5.58 Å². The fraction of sp³-hybridized carbons (Fsp3) is 0.0286. The SMILES string of the molecule is [2H]C([2H])(c1ccccc1)c1ccc2c(c1)oc1c(-c3ccccn3)[c-]ccc12.[Ir].[c-]1ccccc1-c1ccccn1. The third-order valence-electron chi connectivity index (χ3n) is 6.07. The van der Waals surface area contributed by atoms with Crippen molar-refractivity contribution in [2.75, 3.05) is 0 Å². The summed E-state index contributed by atoms with van der Waals surface area (Å²) < 4.78 is 23.4. The molecule has 3 aromatic heterocycles. The van der Waals surface area contributed by atoms with Crippen molar-refractivity contribution in [1.29, 1.82) is 0 Å². The van der Waals surface area contributed by atoms with Crippen LogP contribution in [0.3, 0.4) is 0 Å². The second-order valence-electron chi connectivity index (χ2n) is 8.61. The van der Waals surface area contributed by atoms with E-state index in [1.165, 1.54) is 0 Å². The molecule has 0 bridgehead atoms. The first-order chi connectivity index (χ1) is 19.6. The van der Waals surface area contributed by atoms with Crippen molar-refractivity contribution in [2.24, 2.45) is 0 Å². The van der Waals surface area contributed by atoms with Crippen LogP contribution in [-0.4, -0.2) is 9.97 Å². The summed E-state index contributed by atoms with van der Waals surface area (Å²) in [5.74, 6) is 0. The number of hydrogen-bond donors (Lipinski definition) is 0. The maximum atomic E-state index is 8.60. The molecule has 0 amide bonds. The molecule has 3 heterocycles. The van der Waals surface area contributed by atoms with Crippen LogP contribution in [-0.2, 0) is 26.5 Å². The Morgan fingerprint density at radius 1 is 0.641 bits per heavy atom. The van der Waals surface area contributed by atoms with Crippen molar-refractivity contribution in [3.63, 3.8) is 0 Å². The summed E-state index contributed by atoms with van der Waals surface area (Å²) >= 11 is 0. The minimum absolute atomic E-state index is 0. The summed E-state index contributed by atoms with van der Waals surface area (Å²) in [6.45, 7) is 0. The van der Waals surface area contributed by atoms with Gasteiger partial charge in [-0.25, -0.2) is 0 Å². The molecule has 0 aliphatic carbocycles. The van der Waals surface area contributed by atoms with Crippen LogP contribution in [0.15, 0.2) is 138 Å². The van der Waals surface area contributed by atoms with E-state index in [2.05, 4.69) is 22.1 Å². The molecule has 0 fully saturated rings. The van der Waals surface area contributed by atoms with Crippen LogP contribution in [0.5, 0.6) is 0 Å². The summed E-state index contributed by atoms with van der Waals surface area (Å²) in [7, 11) is 0. The van der Waals surface area contributed by atoms with E-state index in [-0.39, 0.29) is 20.1 Å². The third-order valence-corrected chi connectivity index (χ3v) is 6.07. The van der Waals surface area contributed by atoms with Crippen LogP contribution in [0.2, 0.25) is 0 Å². The molecule has 1 radical (unpaired) electrons. The zero-order chi connectivity index (χ0) is 27.4. The summed E-state index contributed by atoms with van der Waals surface area (Å²) in [5, 5.41) is 1.93. The Hall–Kier alpha value is -4.37. The number of fused-ring (bicyclic) bond motifs is 3. The average Bonchev–Trinajstić information content (AvgIpc) is 3.41. The molecule has 0 unspecified atom stereocenters. The number of rotatable bonds is 4. The first kappa shape index (κ1) is 23.7. The van der Waals surface area contributed by atoms with Gasteiger partial charge in [0.05, 0.1) is 5.58 Å². The number of aromatic nitrogens is 2. The van der Waals surface area contributed by atoms with E-state index in [0.717, 1.165) is 33.3 Å². The Morgan fingerprint density at radius 2 is 1.38 bits per heavy atom. The van der Waals surface area contributed by atoms with Crippen LogP contribution < -0.4 is 0 Å². The number of furan rings is 1. The predicted molar refractivity (Wildman–Crippen MR) is 154 cm³/mol. The zero-order valence-corrected chi connectivity index (χ0v) is 23.2. The van der Waals surface area contributed by atoms with Crippen molar-refractivity contribution in [2.45, 2.75) is 6.37 Å². The van der Waals surface area contributed by atoms with Gasteiger partial charge in [-0.3, -0.25) is 0 Å². The first-order valence-corrected chi connectivity index (χ1v) is 12.3.